The fraction of sp³-hybridized carbons (Fsp3) is 0.0714. The molecule has 1 amide bonds. The number of primary amides is 1. The average molecular weight is 414 g/mol. The van der Waals surface area contributed by atoms with Crippen molar-refractivity contribution in [1.82, 2.24) is 0 Å². The summed E-state index contributed by atoms with van der Waals surface area (Å²) in [6, 6.07) is 6.08. The molecular formula is C14H14N4O7S2. The largest absolute Gasteiger partial charge is 0.366 e. The zero-order valence-corrected chi connectivity index (χ0v) is 15.4. The highest BCUT2D eigenvalue weighted by Gasteiger charge is 2.24. The molecule has 0 heterocycles. The Morgan fingerprint density at radius 2 is 1.70 bits per heavy atom. The number of amides is 1. The van der Waals surface area contributed by atoms with Gasteiger partial charge in [-0.1, -0.05) is 6.07 Å². The summed E-state index contributed by atoms with van der Waals surface area (Å²) in [7, 11) is -8.80. The quantitative estimate of drug-likeness (QED) is 0.451. The van der Waals surface area contributed by atoms with E-state index in [-0.39, 0.29) is 11.1 Å². The number of hydrogen-bond donors (Lipinski definition) is 3. The first-order chi connectivity index (χ1) is 12.3. The smallest absolute Gasteiger partial charge is 0.270 e. The number of nitrogens with one attached hydrogen (secondary N) is 1. The summed E-state index contributed by atoms with van der Waals surface area (Å²) in [4.78, 5) is 20.4. The molecule has 5 N–H and O–H groups in total. The lowest BCUT2D eigenvalue weighted by atomic mass is 10.2. The Bertz CT molecular complexity index is 1160. The number of carbonyl (C=O) groups is 1. The van der Waals surface area contributed by atoms with Crippen LogP contribution in [0.1, 0.15) is 15.9 Å². The van der Waals surface area contributed by atoms with Crippen LogP contribution in [0.25, 0.3) is 0 Å². The zero-order valence-electron chi connectivity index (χ0n) is 13.7. The fourth-order valence-electron chi connectivity index (χ4n) is 2.20. The number of nitro benzene ring substituents is 1. The number of anilines is 1. The Morgan fingerprint density at radius 1 is 1.07 bits per heavy atom. The number of sulfonamides is 2. The van der Waals surface area contributed by atoms with Gasteiger partial charge in [0, 0.05) is 17.7 Å². The highest BCUT2D eigenvalue weighted by Crippen LogP contribution is 2.27. The van der Waals surface area contributed by atoms with Gasteiger partial charge in [-0.25, -0.2) is 22.0 Å². The first kappa shape index (κ1) is 20.3. The lowest BCUT2D eigenvalue weighted by molar-refractivity contribution is -0.385. The van der Waals surface area contributed by atoms with Gasteiger partial charge in [0.15, 0.2) is 0 Å². The molecule has 144 valence electrons. The Labute approximate surface area is 154 Å². The minimum absolute atomic E-state index is 0.170. The number of rotatable bonds is 6. The molecule has 0 aliphatic heterocycles. The molecule has 2 rings (SSSR count). The number of hydrogen-bond acceptors (Lipinski definition) is 7. The van der Waals surface area contributed by atoms with Gasteiger partial charge in [-0.05, 0) is 30.7 Å². The van der Waals surface area contributed by atoms with E-state index < -0.39 is 52.0 Å². The van der Waals surface area contributed by atoms with Crippen molar-refractivity contribution in [3.8, 4) is 0 Å². The van der Waals surface area contributed by atoms with E-state index in [1.807, 2.05) is 4.72 Å². The van der Waals surface area contributed by atoms with Crippen molar-refractivity contribution in [3.63, 3.8) is 0 Å². The molecule has 27 heavy (non-hydrogen) atoms. The first-order valence-electron chi connectivity index (χ1n) is 7.07. The molecule has 0 unspecified atom stereocenters. The number of nitrogens with two attached hydrogens (primary N) is 2. The summed E-state index contributed by atoms with van der Waals surface area (Å²) in [5.41, 5.74) is 4.14. The molecule has 11 nitrogen and oxygen atoms in total. The Kier molecular flexibility index (Phi) is 5.21. The van der Waals surface area contributed by atoms with Gasteiger partial charge in [0.1, 0.15) is 4.90 Å². The van der Waals surface area contributed by atoms with Gasteiger partial charge in [-0.15, -0.1) is 0 Å². The molecule has 0 spiro atoms. The van der Waals surface area contributed by atoms with Gasteiger partial charge in [-0.3, -0.25) is 19.6 Å². The first-order valence-corrected chi connectivity index (χ1v) is 10.1. The maximum atomic E-state index is 12.7. The summed E-state index contributed by atoms with van der Waals surface area (Å²) in [5.74, 6) is -0.928. The van der Waals surface area contributed by atoms with Crippen molar-refractivity contribution >= 4 is 37.3 Å². The summed E-state index contributed by atoms with van der Waals surface area (Å²) < 4.78 is 50.7. The molecule has 0 aliphatic rings. The molecule has 0 aliphatic carbocycles. The number of benzene rings is 2. The van der Waals surface area contributed by atoms with Gasteiger partial charge >= 0.3 is 0 Å². The molecule has 0 radical (unpaired) electrons. The lowest BCUT2D eigenvalue weighted by Gasteiger charge is -2.14. The van der Waals surface area contributed by atoms with Crippen molar-refractivity contribution in [1.29, 1.82) is 0 Å². The van der Waals surface area contributed by atoms with Gasteiger partial charge in [0.25, 0.3) is 15.7 Å². The van der Waals surface area contributed by atoms with E-state index in [9.17, 15) is 31.7 Å². The van der Waals surface area contributed by atoms with E-state index in [0.717, 1.165) is 30.3 Å². The van der Waals surface area contributed by atoms with Crippen molar-refractivity contribution < 1.29 is 26.6 Å². The van der Waals surface area contributed by atoms with Crippen LogP contribution in [0.5, 0.6) is 0 Å². The van der Waals surface area contributed by atoms with Crippen LogP contribution < -0.4 is 15.6 Å². The maximum Gasteiger partial charge on any atom is 0.270 e. The number of primary sulfonamides is 1. The van der Waals surface area contributed by atoms with E-state index in [1.54, 1.807) is 0 Å². The van der Waals surface area contributed by atoms with Crippen LogP contribution in [0.2, 0.25) is 0 Å². The molecule has 0 aromatic heterocycles. The predicted octanol–water partition coefficient (Wildman–Crippen LogP) is 0.450. The zero-order chi connectivity index (χ0) is 20.6. The number of nitro groups is 1. The van der Waals surface area contributed by atoms with E-state index in [0.29, 0.717) is 0 Å². The van der Waals surface area contributed by atoms with Crippen LogP contribution >= 0.6 is 0 Å². The minimum Gasteiger partial charge on any atom is -0.366 e. The number of carbonyl (C=O) groups excluding carboxylic acids is 1. The highest BCUT2D eigenvalue weighted by atomic mass is 32.2. The average Bonchev–Trinajstić information content (AvgIpc) is 2.53. The molecule has 13 heteroatoms. The summed E-state index contributed by atoms with van der Waals surface area (Å²) in [5, 5.41) is 16.0. The van der Waals surface area contributed by atoms with E-state index in [1.165, 1.54) is 13.0 Å². The van der Waals surface area contributed by atoms with Crippen molar-refractivity contribution in [3.05, 3.63) is 57.6 Å². The number of non-ortho nitro benzene ring substituents is 1. The third-order valence-corrected chi connectivity index (χ3v) is 5.96. The van der Waals surface area contributed by atoms with E-state index in [4.69, 9.17) is 10.9 Å². The van der Waals surface area contributed by atoms with E-state index in [2.05, 4.69) is 0 Å². The molecule has 0 fully saturated rings. The lowest BCUT2D eigenvalue weighted by Crippen LogP contribution is -2.21. The Morgan fingerprint density at radius 3 is 2.22 bits per heavy atom. The fourth-order valence-corrected chi connectivity index (χ4v) is 4.28. The molecular weight excluding hydrogens is 400 g/mol. The SMILES string of the molecule is Cc1ccc([N+](=O)[O-])cc1S(=O)(=O)Nc1cc(C(N)=O)ccc1S(N)(=O)=O. The van der Waals surface area contributed by atoms with Crippen molar-refractivity contribution in [2.75, 3.05) is 4.72 Å². The molecule has 0 saturated carbocycles. The third kappa shape index (κ3) is 4.39. The van der Waals surface area contributed by atoms with Gasteiger partial charge in [0.2, 0.25) is 15.9 Å². The second-order valence-corrected chi connectivity index (χ2v) is 8.61. The van der Waals surface area contributed by atoms with Crippen LogP contribution in [0.15, 0.2) is 46.2 Å². The summed E-state index contributed by atoms with van der Waals surface area (Å²) in [6.45, 7) is 1.40. The maximum absolute atomic E-state index is 12.7. The molecule has 2 aromatic carbocycles. The molecule has 0 bridgehead atoms. The van der Waals surface area contributed by atoms with Gasteiger partial charge < -0.3 is 5.73 Å². The van der Waals surface area contributed by atoms with Crippen LogP contribution in [0.3, 0.4) is 0 Å². The van der Waals surface area contributed by atoms with Gasteiger partial charge in [-0.2, -0.15) is 0 Å². The second-order valence-electron chi connectivity index (χ2n) is 5.43. The normalized spacial score (nSPS) is 11.8. The molecule has 2 aromatic rings. The van der Waals surface area contributed by atoms with Crippen molar-refractivity contribution in [2.45, 2.75) is 16.7 Å². The molecule has 0 saturated heterocycles. The monoisotopic (exact) mass is 414 g/mol. The predicted molar refractivity (Wildman–Crippen MR) is 95.0 cm³/mol. The Balaban J connectivity index is 2.65. The second kappa shape index (κ2) is 6.94. The van der Waals surface area contributed by atoms with Crippen LogP contribution in [0, 0.1) is 17.0 Å². The Hall–Kier alpha value is -3.03. The third-order valence-electron chi connectivity index (χ3n) is 3.49. The van der Waals surface area contributed by atoms with Crippen LogP contribution in [0.4, 0.5) is 11.4 Å². The molecule has 0 atom stereocenters. The van der Waals surface area contributed by atoms with Crippen LogP contribution in [-0.4, -0.2) is 27.7 Å². The van der Waals surface area contributed by atoms with Gasteiger partial charge in [0.05, 0.1) is 15.5 Å². The number of nitrogens with zero attached hydrogens (tertiary/aromatic N) is 1. The summed E-state index contributed by atoms with van der Waals surface area (Å²) >= 11 is 0. The van der Waals surface area contributed by atoms with Crippen molar-refractivity contribution in [2.24, 2.45) is 10.9 Å². The van der Waals surface area contributed by atoms with Crippen LogP contribution in [-0.2, 0) is 20.0 Å². The number of aryl methyl sites for hydroxylation is 1. The van der Waals surface area contributed by atoms with E-state index >= 15 is 0 Å². The summed E-state index contributed by atoms with van der Waals surface area (Å²) in [6.07, 6.45) is 0. The topological polar surface area (TPSA) is 193 Å². The minimum atomic E-state index is -4.45. The standard InChI is InChI=1S/C14H14N4O7S2/c1-8-2-4-10(18(20)21)7-13(8)27(24,25)17-11-6-9(14(15)19)3-5-12(11)26(16,22)23/h2-7,17H,1H3,(H2,15,19)(H2,16,22,23). The highest BCUT2D eigenvalue weighted by molar-refractivity contribution is 7.93.